The van der Waals surface area contributed by atoms with Crippen LogP contribution in [0.3, 0.4) is 0 Å². The largest absolute Gasteiger partial charge is 0.496 e. The first-order valence-electron chi connectivity index (χ1n) is 10.7. The molecule has 2 aromatic carbocycles. The number of hydrogen-bond donors (Lipinski definition) is 2. The second-order valence-corrected chi connectivity index (χ2v) is 8.74. The predicted molar refractivity (Wildman–Crippen MR) is 126 cm³/mol. The maximum absolute atomic E-state index is 13.4. The number of para-hydroxylation sites is 1. The number of methoxy groups -OCH3 is 1. The topological polar surface area (TPSA) is 117 Å². The van der Waals surface area contributed by atoms with E-state index in [2.05, 4.69) is 10.8 Å². The minimum Gasteiger partial charge on any atom is -0.496 e. The van der Waals surface area contributed by atoms with E-state index in [1.54, 1.807) is 36.4 Å². The third-order valence-electron chi connectivity index (χ3n) is 5.34. The van der Waals surface area contributed by atoms with Crippen molar-refractivity contribution in [1.82, 2.24) is 10.8 Å². The molecule has 0 aliphatic carbocycles. The highest BCUT2D eigenvalue weighted by molar-refractivity contribution is 6.10. The molecule has 1 aliphatic heterocycles. The van der Waals surface area contributed by atoms with Crippen LogP contribution in [0.2, 0.25) is 0 Å². The molecular formula is C24H28N4O6. The van der Waals surface area contributed by atoms with Gasteiger partial charge in [0.25, 0.3) is 5.91 Å². The van der Waals surface area contributed by atoms with Gasteiger partial charge in [0.05, 0.1) is 18.4 Å². The molecule has 1 saturated heterocycles. The van der Waals surface area contributed by atoms with Gasteiger partial charge in [-0.05, 0) is 29.7 Å². The van der Waals surface area contributed by atoms with Gasteiger partial charge in [-0.25, -0.2) is 9.59 Å². The lowest BCUT2D eigenvalue weighted by atomic mass is 9.81. The van der Waals surface area contributed by atoms with Crippen LogP contribution in [0.1, 0.15) is 43.1 Å². The van der Waals surface area contributed by atoms with Crippen molar-refractivity contribution in [1.29, 1.82) is 0 Å². The molecule has 34 heavy (non-hydrogen) atoms. The van der Waals surface area contributed by atoms with Crippen molar-refractivity contribution >= 4 is 35.3 Å². The third-order valence-corrected chi connectivity index (χ3v) is 5.34. The van der Waals surface area contributed by atoms with Crippen molar-refractivity contribution in [3.63, 3.8) is 0 Å². The first kappa shape index (κ1) is 24.6. The van der Waals surface area contributed by atoms with Gasteiger partial charge in [0, 0.05) is 31.3 Å². The van der Waals surface area contributed by atoms with Gasteiger partial charge < -0.3 is 9.57 Å². The summed E-state index contributed by atoms with van der Waals surface area (Å²) in [5.74, 6) is -0.698. The zero-order valence-electron chi connectivity index (χ0n) is 19.8. The molecule has 0 radical (unpaired) electrons. The Labute approximate surface area is 197 Å². The van der Waals surface area contributed by atoms with Gasteiger partial charge in [0.1, 0.15) is 5.75 Å². The fraction of sp³-hybridized carbons (Fsp3) is 0.333. The quantitative estimate of drug-likeness (QED) is 0.665. The van der Waals surface area contributed by atoms with E-state index in [1.807, 2.05) is 26.8 Å². The minimum atomic E-state index is -0.803. The highest BCUT2D eigenvalue weighted by Crippen LogP contribution is 2.39. The number of ether oxygens (including phenoxy) is 1. The Kier molecular flexibility index (Phi) is 7.09. The number of nitrogens with zero attached hydrogens (tertiary/aromatic N) is 2. The molecule has 0 saturated carbocycles. The first-order chi connectivity index (χ1) is 16.0. The van der Waals surface area contributed by atoms with Gasteiger partial charge in [0.15, 0.2) is 0 Å². The van der Waals surface area contributed by atoms with Gasteiger partial charge in [-0.1, -0.05) is 39.0 Å². The third kappa shape index (κ3) is 5.11. The van der Waals surface area contributed by atoms with Crippen LogP contribution in [0, 0.1) is 0 Å². The molecule has 10 heteroatoms. The average molecular weight is 469 g/mol. The minimum absolute atomic E-state index is 0.0839. The number of imide groups is 1. The molecule has 0 bridgehead atoms. The summed E-state index contributed by atoms with van der Waals surface area (Å²) in [7, 11) is 2.99. The summed E-state index contributed by atoms with van der Waals surface area (Å²) in [6, 6.07) is 11.4. The van der Waals surface area contributed by atoms with Crippen LogP contribution in [0.25, 0.3) is 0 Å². The number of carbonyl (C=O) groups excluding carboxylic acids is 4. The zero-order valence-corrected chi connectivity index (χ0v) is 19.8. The molecule has 0 aromatic heterocycles. The standard InChI is InChI=1S/C24H28N4O6/c1-24(2,3)20-17(33-5)12-11-16(28-14-13-18(29)25-22(28)31)19(20)21(30)26-34-23(32)27(4)15-9-7-6-8-10-15/h6-12H,13-14H2,1-5H3,(H,26,30)(H,25,29,31). The van der Waals surface area contributed by atoms with E-state index in [0.717, 1.165) is 0 Å². The predicted octanol–water partition coefficient (Wildman–Crippen LogP) is 3.36. The van der Waals surface area contributed by atoms with Gasteiger partial charge in [-0.3, -0.25) is 24.7 Å². The maximum atomic E-state index is 13.4. The van der Waals surface area contributed by atoms with Crippen LogP contribution in [0.5, 0.6) is 5.75 Å². The SMILES string of the molecule is COc1ccc(N2CCC(=O)NC2=O)c(C(=O)NOC(=O)N(C)c2ccccc2)c1C(C)(C)C. The molecule has 1 heterocycles. The first-order valence-corrected chi connectivity index (χ1v) is 10.7. The van der Waals surface area contributed by atoms with Crippen molar-refractivity contribution in [3.05, 3.63) is 53.6 Å². The van der Waals surface area contributed by atoms with Crippen LogP contribution in [-0.4, -0.2) is 44.6 Å². The second kappa shape index (κ2) is 9.82. The number of benzene rings is 2. The van der Waals surface area contributed by atoms with Crippen LogP contribution in [-0.2, 0) is 15.0 Å². The number of carbonyl (C=O) groups is 4. The van der Waals surface area contributed by atoms with E-state index < -0.39 is 29.4 Å². The molecule has 10 nitrogen and oxygen atoms in total. The number of rotatable bonds is 4. The van der Waals surface area contributed by atoms with Crippen LogP contribution in [0.4, 0.5) is 21.0 Å². The molecule has 1 fully saturated rings. The summed E-state index contributed by atoms with van der Waals surface area (Å²) in [6.45, 7) is 5.76. The highest BCUT2D eigenvalue weighted by atomic mass is 16.7. The fourth-order valence-electron chi connectivity index (χ4n) is 3.70. The Balaban J connectivity index is 1.97. The van der Waals surface area contributed by atoms with E-state index >= 15 is 0 Å². The van der Waals surface area contributed by atoms with E-state index in [1.165, 1.54) is 24.0 Å². The van der Waals surface area contributed by atoms with Gasteiger partial charge >= 0.3 is 12.1 Å². The van der Waals surface area contributed by atoms with Crippen molar-refractivity contribution < 1.29 is 28.8 Å². The fourth-order valence-corrected chi connectivity index (χ4v) is 3.70. The zero-order chi connectivity index (χ0) is 25.0. The second-order valence-electron chi connectivity index (χ2n) is 8.74. The molecular weight excluding hydrogens is 440 g/mol. The average Bonchev–Trinajstić information content (AvgIpc) is 2.81. The van der Waals surface area contributed by atoms with Gasteiger partial charge in [-0.15, -0.1) is 0 Å². The van der Waals surface area contributed by atoms with Crippen molar-refractivity contribution in [3.8, 4) is 5.75 Å². The monoisotopic (exact) mass is 468 g/mol. The molecule has 180 valence electrons. The summed E-state index contributed by atoms with van der Waals surface area (Å²) >= 11 is 0. The Hall–Kier alpha value is -4.08. The van der Waals surface area contributed by atoms with E-state index in [4.69, 9.17) is 9.57 Å². The molecule has 0 spiro atoms. The lowest BCUT2D eigenvalue weighted by molar-refractivity contribution is -0.120. The Bertz CT molecular complexity index is 1110. The number of anilines is 2. The van der Waals surface area contributed by atoms with Gasteiger partial charge in [0.2, 0.25) is 5.91 Å². The Morgan fingerprint density at radius 2 is 1.76 bits per heavy atom. The molecule has 0 unspecified atom stereocenters. The number of amides is 5. The summed E-state index contributed by atoms with van der Waals surface area (Å²) in [5, 5.41) is 2.26. The summed E-state index contributed by atoms with van der Waals surface area (Å²) in [4.78, 5) is 57.7. The maximum Gasteiger partial charge on any atom is 0.438 e. The molecule has 1 aliphatic rings. The number of nitrogens with one attached hydrogen (secondary N) is 2. The summed E-state index contributed by atoms with van der Waals surface area (Å²) < 4.78 is 5.50. The number of hydrogen-bond acceptors (Lipinski definition) is 6. The van der Waals surface area contributed by atoms with Crippen LogP contribution < -0.4 is 25.3 Å². The number of hydroxylamine groups is 1. The lowest BCUT2D eigenvalue weighted by Crippen LogP contribution is -2.50. The normalized spacial score (nSPS) is 13.7. The summed E-state index contributed by atoms with van der Waals surface area (Å²) in [5.41, 5.74) is 3.08. The van der Waals surface area contributed by atoms with Crippen molar-refractivity contribution in [2.24, 2.45) is 0 Å². The van der Waals surface area contributed by atoms with E-state index in [0.29, 0.717) is 17.0 Å². The molecule has 3 rings (SSSR count). The van der Waals surface area contributed by atoms with E-state index in [9.17, 15) is 19.2 Å². The van der Waals surface area contributed by atoms with E-state index in [-0.39, 0.29) is 24.2 Å². The Morgan fingerprint density at radius 1 is 1.09 bits per heavy atom. The lowest BCUT2D eigenvalue weighted by Gasteiger charge is -2.32. The van der Waals surface area contributed by atoms with Crippen LogP contribution in [0.15, 0.2) is 42.5 Å². The molecule has 0 atom stereocenters. The van der Waals surface area contributed by atoms with Crippen molar-refractivity contribution in [2.75, 3.05) is 30.5 Å². The summed E-state index contributed by atoms with van der Waals surface area (Å²) in [6.07, 6.45) is -0.719. The van der Waals surface area contributed by atoms with Gasteiger partial charge in [-0.2, -0.15) is 5.48 Å². The highest BCUT2D eigenvalue weighted by Gasteiger charge is 2.34. The number of urea groups is 1. The molecule has 5 amide bonds. The Morgan fingerprint density at radius 3 is 2.35 bits per heavy atom. The van der Waals surface area contributed by atoms with Crippen LogP contribution >= 0.6 is 0 Å². The van der Waals surface area contributed by atoms with Crippen molar-refractivity contribution in [2.45, 2.75) is 32.6 Å². The molecule has 2 N–H and O–H groups in total. The smallest absolute Gasteiger partial charge is 0.438 e. The molecule has 2 aromatic rings.